The van der Waals surface area contributed by atoms with Crippen LogP contribution in [0.4, 0.5) is 0 Å². The summed E-state index contributed by atoms with van der Waals surface area (Å²) in [6, 6.07) is 0. The number of hydrogen-bond donors (Lipinski definition) is 1. The summed E-state index contributed by atoms with van der Waals surface area (Å²) in [6.07, 6.45) is 5.40. The first-order valence-corrected chi connectivity index (χ1v) is 6.92. The van der Waals surface area contributed by atoms with E-state index in [9.17, 15) is 0 Å². The summed E-state index contributed by atoms with van der Waals surface area (Å²) in [5.41, 5.74) is 2.15. The third kappa shape index (κ3) is 3.84. The number of aryl methyl sites for hydroxylation is 1. The Balaban J connectivity index is 2.18. The van der Waals surface area contributed by atoms with E-state index in [4.69, 9.17) is 0 Å². The van der Waals surface area contributed by atoms with Crippen molar-refractivity contribution in [2.45, 2.75) is 39.8 Å². The lowest BCUT2D eigenvalue weighted by Gasteiger charge is -2.20. The smallest absolute Gasteiger partial charge is 0.250 e. The first-order valence-electron chi connectivity index (χ1n) is 6.13. The molecule has 0 spiro atoms. The van der Waals surface area contributed by atoms with Gasteiger partial charge in [0, 0.05) is 35.7 Å². The zero-order valence-corrected chi connectivity index (χ0v) is 13.2. The number of nitrogens with one attached hydrogen (secondary N) is 1. The highest BCUT2D eigenvalue weighted by Crippen LogP contribution is 2.12. The largest absolute Gasteiger partial charge is 0.308 e. The van der Waals surface area contributed by atoms with Gasteiger partial charge in [0.25, 0.3) is 5.95 Å². The standard InChI is InChI=1S/C13H18BrN5/c1-9-10(6-16-13(2,3)4)5-15-12(18-9)19-8-11(14)7-17-19/h5,7-8,16H,6H2,1-4H3. The molecular weight excluding hydrogens is 306 g/mol. The van der Waals surface area contributed by atoms with E-state index in [1.807, 2.05) is 19.3 Å². The normalized spacial score (nSPS) is 11.8. The van der Waals surface area contributed by atoms with Gasteiger partial charge in [0.05, 0.1) is 10.7 Å². The highest BCUT2D eigenvalue weighted by Gasteiger charge is 2.11. The van der Waals surface area contributed by atoms with E-state index >= 15 is 0 Å². The Morgan fingerprint density at radius 2 is 2.05 bits per heavy atom. The van der Waals surface area contributed by atoms with E-state index < -0.39 is 0 Å². The van der Waals surface area contributed by atoms with Crippen molar-refractivity contribution in [3.63, 3.8) is 0 Å². The van der Waals surface area contributed by atoms with Gasteiger partial charge in [0.15, 0.2) is 0 Å². The predicted octanol–water partition coefficient (Wildman–Crippen LogP) is 2.62. The van der Waals surface area contributed by atoms with Gasteiger partial charge < -0.3 is 5.32 Å². The SMILES string of the molecule is Cc1nc(-n2cc(Br)cn2)ncc1CNC(C)(C)C. The summed E-state index contributed by atoms with van der Waals surface area (Å²) in [5, 5.41) is 7.60. The average Bonchev–Trinajstić information content (AvgIpc) is 2.73. The van der Waals surface area contributed by atoms with Crippen LogP contribution in [0.25, 0.3) is 5.95 Å². The topological polar surface area (TPSA) is 55.6 Å². The molecule has 0 saturated carbocycles. The molecule has 1 N–H and O–H groups in total. The fourth-order valence-corrected chi connectivity index (χ4v) is 1.82. The van der Waals surface area contributed by atoms with Gasteiger partial charge in [-0.2, -0.15) is 5.10 Å². The highest BCUT2D eigenvalue weighted by molar-refractivity contribution is 9.10. The van der Waals surface area contributed by atoms with Gasteiger partial charge >= 0.3 is 0 Å². The van der Waals surface area contributed by atoms with Crippen molar-refractivity contribution in [2.75, 3.05) is 0 Å². The van der Waals surface area contributed by atoms with Crippen molar-refractivity contribution < 1.29 is 0 Å². The molecule has 2 rings (SSSR count). The van der Waals surface area contributed by atoms with Crippen LogP contribution in [-0.4, -0.2) is 25.3 Å². The zero-order chi connectivity index (χ0) is 14.0. The molecule has 2 aromatic rings. The van der Waals surface area contributed by atoms with Crippen LogP contribution in [0.1, 0.15) is 32.0 Å². The molecule has 6 heteroatoms. The molecule has 19 heavy (non-hydrogen) atoms. The van der Waals surface area contributed by atoms with Crippen LogP contribution in [-0.2, 0) is 6.54 Å². The van der Waals surface area contributed by atoms with Crippen molar-refractivity contribution in [3.05, 3.63) is 34.3 Å². The summed E-state index contributed by atoms with van der Waals surface area (Å²) in [5.74, 6) is 0.586. The summed E-state index contributed by atoms with van der Waals surface area (Å²) in [7, 11) is 0. The second-order valence-corrected chi connectivity index (χ2v) is 6.40. The summed E-state index contributed by atoms with van der Waals surface area (Å²) in [6.45, 7) is 9.16. The highest BCUT2D eigenvalue weighted by atomic mass is 79.9. The molecule has 0 atom stereocenters. The van der Waals surface area contributed by atoms with Crippen molar-refractivity contribution in [3.8, 4) is 5.95 Å². The lowest BCUT2D eigenvalue weighted by Crippen LogP contribution is -2.35. The maximum Gasteiger partial charge on any atom is 0.250 e. The van der Waals surface area contributed by atoms with Gasteiger partial charge in [0.2, 0.25) is 0 Å². The van der Waals surface area contributed by atoms with E-state index in [-0.39, 0.29) is 5.54 Å². The molecule has 0 unspecified atom stereocenters. The van der Waals surface area contributed by atoms with Crippen molar-refractivity contribution in [2.24, 2.45) is 0 Å². The quantitative estimate of drug-likeness (QED) is 0.943. The molecule has 0 saturated heterocycles. The Hall–Kier alpha value is -1.27. The Morgan fingerprint density at radius 1 is 1.32 bits per heavy atom. The number of nitrogens with zero attached hydrogens (tertiary/aromatic N) is 4. The van der Waals surface area contributed by atoms with Crippen molar-refractivity contribution in [1.29, 1.82) is 0 Å². The maximum absolute atomic E-state index is 4.49. The van der Waals surface area contributed by atoms with Crippen LogP contribution in [0.3, 0.4) is 0 Å². The molecule has 5 nitrogen and oxygen atoms in total. The molecule has 2 heterocycles. The number of aromatic nitrogens is 4. The average molecular weight is 324 g/mol. The minimum Gasteiger partial charge on any atom is -0.308 e. The van der Waals surface area contributed by atoms with Crippen molar-refractivity contribution >= 4 is 15.9 Å². The number of hydrogen-bond acceptors (Lipinski definition) is 4. The van der Waals surface area contributed by atoms with Gasteiger partial charge in [0.1, 0.15) is 0 Å². The minimum absolute atomic E-state index is 0.0813. The molecule has 0 bridgehead atoms. The molecule has 0 radical (unpaired) electrons. The maximum atomic E-state index is 4.49. The van der Waals surface area contributed by atoms with E-state index in [1.165, 1.54) is 0 Å². The summed E-state index contributed by atoms with van der Waals surface area (Å²) < 4.78 is 2.56. The fourth-order valence-electron chi connectivity index (χ4n) is 1.53. The van der Waals surface area contributed by atoms with Gasteiger partial charge in [-0.1, -0.05) is 0 Å². The zero-order valence-electron chi connectivity index (χ0n) is 11.6. The molecule has 0 aliphatic carbocycles. The third-order valence-electron chi connectivity index (χ3n) is 2.63. The molecule has 0 aliphatic rings. The first kappa shape index (κ1) is 14.1. The Bertz CT molecular complexity index is 571. The lowest BCUT2D eigenvalue weighted by molar-refractivity contribution is 0.423. The molecule has 0 aromatic carbocycles. The Labute approximate surface area is 121 Å². The van der Waals surface area contributed by atoms with E-state index in [1.54, 1.807) is 10.9 Å². The van der Waals surface area contributed by atoms with Crippen LogP contribution < -0.4 is 5.32 Å². The van der Waals surface area contributed by atoms with Crippen LogP contribution in [0.5, 0.6) is 0 Å². The van der Waals surface area contributed by atoms with Crippen LogP contribution in [0.2, 0.25) is 0 Å². The Morgan fingerprint density at radius 3 is 2.58 bits per heavy atom. The van der Waals surface area contributed by atoms with Crippen LogP contribution in [0.15, 0.2) is 23.1 Å². The van der Waals surface area contributed by atoms with Gasteiger partial charge in [-0.05, 0) is 43.6 Å². The van der Waals surface area contributed by atoms with Crippen LogP contribution >= 0.6 is 15.9 Å². The van der Waals surface area contributed by atoms with E-state index in [2.05, 4.69) is 57.1 Å². The van der Waals surface area contributed by atoms with Gasteiger partial charge in [-0.25, -0.2) is 14.6 Å². The van der Waals surface area contributed by atoms with Gasteiger partial charge in [-0.15, -0.1) is 0 Å². The predicted molar refractivity (Wildman–Crippen MR) is 78.2 cm³/mol. The van der Waals surface area contributed by atoms with Crippen molar-refractivity contribution in [1.82, 2.24) is 25.1 Å². The van der Waals surface area contributed by atoms with E-state index in [0.717, 1.165) is 22.3 Å². The summed E-state index contributed by atoms with van der Waals surface area (Å²) >= 11 is 3.36. The summed E-state index contributed by atoms with van der Waals surface area (Å²) in [4.78, 5) is 8.84. The van der Waals surface area contributed by atoms with Crippen LogP contribution in [0, 0.1) is 6.92 Å². The molecule has 102 valence electrons. The lowest BCUT2D eigenvalue weighted by atomic mass is 10.1. The number of rotatable bonds is 3. The second kappa shape index (κ2) is 5.38. The van der Waals surface area contributed by atoms with Gasteiger partial charge in [-0.3, -0.25) is 0 Å². The molecule has 0 fully saturated rings. The fraction of sp³-hybridized carbons (Fsp3) is 0.462. The monoisotopic (exact) mass is 323 g/mol. The molecular formula is C13H18BrN5. The molecule has 0 aliphatic heterocycles. The minimum atomic E-state index is 0.0813. The Kier molecular flexibility index (Phi) is 4.01. The third-order valence-corrected chi connectivity index (χ3v) is 3.04. The number of halogens is 1. The first-order chi connectivity index (χ1) is 8.85. The second-order valence-electron chi connectivity index (χ2n) is 5.49. The molecule has 2 aromatic heterocycles. The van der Waals surface area contributed by atoms with E-state index in [0.29, 0.717) is 5.95 Å². The molecule has 0 amide bonds.